The van der Waals surface area contributed by atoms with Gasteiger partial charge in [0, 0.05) is 11.4 Å². The van der Waals surface area contributed by atoms with Crippen molar-refractivity contribution in [3.05, 3.63) is 69.3 Å². The molecule has 0 bridgehead atoms. The zero-order chi connectivity index (χ0) is 19.0. The smallest absolute Gasteiger partial charge is 0.343 e. The average Bonchev–Trinajstić information content (AvgIpc) is 3.04. The Labute approximate surface area is 156 Å². The molecule has 6 heteroatoms. The molecule has 0 fully saturated rings. The molecule has 2 heterocycles. The average molecular weight is 371 g/mol. The van der Waals surface area contributed by atoms with Crippen LogP contribution in [0.2, 0.25) is 5.02 Å². The van der Waals surface area contributed by atoms with Crippen LogP contribution in [-0.4, -0.2) is 28.5 Å². The molecule has 0 saturated heterocycles. The number of carbonyl (C=O) groups excluding carboxylic acids is 1. The van der Waals surface area contributed by atoms with E-state index in [1.807, 2.05) is 48.7 Å². The Morgan fingerprint density at radius 2 is 1.96 bits per heavy atom. The van der Waals surface area contributed by atoms with Crippen molar-refractivity contribution in [3.63, 3.8) is 0 Å². The van der Waals surface area contributed by atoms with Gasteiger partial charge in [0.05, 0.1) is 23.5 Å². The van der Waals surface area contributed by atoms with E-state index in [4.69, 9.17) is 16.3 Å². The fraction of sp³-hybridized carbons (Fsp3) is 0.200. The van der Waals surface area contributed by atoms with Crippen LogP contribution in [0, 0.1) is 13.8 Å². The molecular formula is C20H19ClN2O3. The largest absolute Gasteiger partial charge is 0.505 e. The Morgan fingerprint density at radius 1 is 1.27 bits per heavy atom. The Balaban J connectivity index is 2.10. The predicted octanol–water partition coefficient (Wildman–Crippen LogP) is 4.55. The number of carbonyl (C=O) groups is 1. The zero-order valence-corrected chi connectivity index (χ0v) is 15.8. The van der Waals surface area contributed by atoms with Gasteiger partial charge in [0.1, 0.15) is 11.3 Å². The molecule has 1 N–H and O–H groups in total. The third-order valence-corrected chi connectivity index (χ3v) is 4.69. The Hall–Kier alpha value is -2.79. The highest BCUT2D eigenvalue weighted by atomic mass is 35.5. The summed E-state index contributed by atoms with van der Waals surface area (Å²) in [7, 11) is 1.27. The highest BCUT2D eigenvalue weighted by Gasteiger charge is 2.27. The number of para-hydroxylation sites is 1. The maximum absolute atomic E-state index is 11.8. The molecule has 2 aromatic rings. The summed E-state index contributed by atoms with van der Waals surface area (Å²) >= 11 is 6.34. The van der Waals surface area contributed by atoms with Crippen molar-refractivity contribution in [1.29, 1.82) is 0 Å². The first-order valence-electron chi connectivity index (χ1n) is 8.08. The van der Waals surface area contributed by atoms with Crippen molar-refractivity contribution in [2.75, 3.05) is 7.11 Å². The second kappa shape index (κ2) is 6.84. The molecular weight excluding hydrogens is 352 g/mol. The van der Waals surface area contributed by atoms with Crippen LogP contribution >= 0.6 is 11.6 Å². The summed E-state index contributed by atoms with van der Waals surface area (Å²) < 4.78 is 6.75. The number of nitrogens with zero attached hydrogens (tertiary/aromatic N) is 2. The molecule has 0 atom stereocenters. The number of aromatic nitrogens is 1. The van der Waals surface area contributed by atoms with E-state index in [2.05, 4.69) is 4.99 Å². The number of aliphatic hydroxyl groups is 1. The first-order valence-corrected chi connectivity index (χ1v) is 8.46. The van der Waals surface area contributed by atoms with E-state index in [0.29, 0.717) is 16.4 Å². The van der Waals surface area contributed by atoms with Crippen molar-refractivity contribution in [3.8, 4) is 5.69 Å². The zero-order valence-electron chi connectivity index (χ0n) is 15.0. The van der Waals surface area contributed by atoms with Crippen molar-refractivity contribution in [1.82, 2.24) is 4.57 Å². The molecule has 134 valence electrons. The number of ether oxygens (including phenoxy) is 1. The van der Waals surface area contributed by atoms with E-state index < -0.39 is 5.97 Å². The van der Waals surface area contributed by atoms with Crippen LogP contribution in [0.1, 0.15) is 23.9 Å². The van der Waals surface area contributed by atoms with Crippen LogP contribution in [0.4, 0.5) is 0 Å². The van der Waals surface area contributed by atoms with Gasteiger partial charge in [0.25, 0.3) is 0 Å². The molecule has 1 aliphatic heterocycles. The highest BCUT2D eigenvalue weighted by molar-refractivity contribution is 6.32. The minimum Gasteiger partial charge on any atom is -0.505 e. The van der Waals surface area contributed by atoms with Gasteiger partial charge in [-0.1, -0.05) is 23.7 Å². The minimum absolute atomic E-state index is 0.0960. The fourth-order valence-corrected chi connectivity index (χ4v) is 3.34. The van der Waals surface area contributed by atoms with Gasteiger partial charge in [0.2, 0.25) is 0 Å². The van der Waals surface area contributed by atoms with Crippen LogP contribution in [0.3, 0.4) is 0 Å². The first kappa shape index (κ1) is 18.0. The quantitative estimate of drug-likeness (QED) is 0.806. The summed E-state index contributed by atoms with van der Waals surface area (Å²) in [6.07, 6.45) is 1.75. The highest BCUT2D eigenvalue weighted by Crippen LogP contribution is 2.30. The predicted molar refractivity (Wildman–Crippen MR) is 103 cm³/mol. The van der Waals surface area contributed by atoms with Crippen molar-refractivity contribution in [2.45, 2.75) is 20.8 Å². The number of methoxy groups -OCH3 is 1. The number of aliphatic hydroxyl groups excluding tert-OH is 1. The lowest BCUT2D eigenvalue weighted by Gasteiger charge is -2.11. The van der Waals surface area contributed by atoms with E-state index in [-0.39, 0.29) is 11.3 Å². The van der Waals surface area contributed by atoms with Gasteiger partial charge in [-0.2, -0.15) is 0 Å². The summed E-state index contributed by atoms with van der Waals surface area (Å²) in [5, 5.41) is 11.0. The molecule has 0 unspecified atom stereocenters. The molecule has 26 heavy (non-hydrogen) atoms. The monoisotopic (exact) mass is 370 g/mol. The topological polar surface area (TPSA) is 63.8 Å². The number of hydrogen-bond donors (Lipinski definition) is 1. The second-order valence-corrected chi connectivity index (χ2v) is 6.46. The van der Waals surface area contributed by atoms with Gasteiger partial charge in [0.15, 0.2) is 5.76 Å². The van der Waals surface area contributed by atoms with E-state index in [9.17, 15) is 9.90 Å². The fourth-order valence-electron chi connectivity index (χ4n) is 3.12. The van der Waals surface area contributed by atoms with Crippen LogP contribution in [0.25, 0.3) is 11.8 Å². The maximum Gasteiger partial charge on any atom is 0.343 e. The summed E-state index contributed by atoms with van der Waals surface area (Å²) in [5.74, 6) is -0.773. The summed E-state index contributed by atoms with van der Waals surface area (Å²) in [6.45, 7) is 5.61. The number of rotatable bonds is 3. The van der Waals surface area contributed by atoms with Gasteiger partial charge >= 0.3 is 5.97 Å². The van der Waals surface area contributed by atoms with E-state index >= 15 is 0 Å². The van der Waals surface area contributed by atoms with Crippen molar-refractivity contribution in [2.24, 2.45) is 4.99 Å². The van der Waals surface area contributed by atoms with Gasteiger partial charge in [-0.15, -0.1) is 0 Å². The number of benzene rings is 1. The molecule has 0 spiro atoms. The van der Waals surface area contributed by atoms with Gasteiger partial charge in [-0.25, -0.2) is 9.79 Å². The van der Waals surface area contributed by atoms with Crippen LogP contribution in [0.5, 0.6) is 0 Å². The maximum atomic E-state index is 11.8. The lowest BCUT2D eigenvalue weighted by atomic mass is 10.1. The molecule has 0 saturated carbocycles. The lowest BCUT2D eigenvalue weighted by Crippen LogP contribution is -2.11. The number of halogens is 1. The van der Waals surface area contributed by atoms with Crippen molar-refractivity contribution >= 4 is 29.4 Å². The molecule has 1 aromatic carbocycles. The van der Waals surface area contributed by atoms with Gasteiger partial charge in [-0.3, -0.25) is 0 Å². The van der Waals surface area contributed by atoms with Gasteiger partial charge in [-0.05, 0) is 50.6 Å². The second-order valence-electron chi connectivity index (χ2n) is 6.06. The minimum atomic E-state index is -0.603. The lowest BCUT2D eigenvalue weighted by molar-refractivity contribution is -0.135. The van der Waals surface area contributed by atoms with Crippen molar-refractivity contribution < 1.29 is 14.6 Å². The number of aliphatic imine (C=N–C) groups is 1. The molecule has 1 aliphatic rings. The molecule has 5 nitrogen and oxygen atoms in total. The molecule has 0 amide bonds. The van der Waals surface area contributed by atoms with E-state index in [1.165, 1.54) is 7.11 Å². The third-order valence-electron chi connectivity index (χ3n) is 4.37. The van der Waals surface area contributed by atoms with Crippen LogP contribution in [0.15, 0.2) is 52.4 Å². The Bertz CT molecular complexity index is 996. The molecule has 1 aromatic heterocycles. The Morgan fingerprint density at radius 3 is 2.62 bits per heavy atom. The molecule has 3 rings (SSSR count). The number of hydrogen-bond acceptors (Lipinski definition) is 4. The number of aryl methyl sites for hydroxylation is 1. The molecule has 0 aliphatic carbocycles. The molecule has 0 radical (unpaired) electrons. The third kappa shape index (κ3) is 2.95. The van der Waals surface area contributed by atoms with Gasteiger partial charge < -0.3 is 14.4 Å². The standard InChI is InChI=1S/C20H19ClN2O3/c1-11-9-14(13(3)23(11)17-8-6-5-7-15(17)21)10-16-19(24)18(12(2)22-16)20(25)26-4/h5-10,24H,1-4H3/b16-10-. The van der Waals surface area contributed by atoms with E-state index in [1.54, 1.807) is 13.0 Å². The summed E-state index contributed by atoms with van der Waals surface area (Å²) in [6, 6.07) is 9.59. The SMILES string of the molecule is COC(=O)C1=C(O)/C(=C/c2cc(C)n(-c3ccccc3Cl)c2C)N=C1C. The number of esters is 1. The summed E-state index contributed by atoms with van der Waals surface area (Å²) in [4.78, 5) is 16.1. The normalized spacial score (nSPS) is 15.6. The van der Waals surface area contributed by atoms with Crippen LogP contribution < -0.4 is 0 Å². The Kier molecular flexibility index (Phi) is 4.74. The van der Waals surface area contributed by atoms with Crippen LogP contribution in [-0.2, 0) is 9.53 Å². The summed E-state index contributed by atoms with van der Waals surface area (Å²) in [5.41, 5.74) is 4.58. The first-order chi connectivity index (χ1) is 12.3. The van der Waals surface area contributed by atoms with E-state index in [0.717, 1.165) is 22.6 Å².